The van der Waals surface area contributed by atoms with Crippen molar-refractivity contribution in [1.29, 1.82) is 0 Å². The van der Waals surface area contributed by atoms with Crippen molar-refractivity contribution < 1.29 is 14.0 Å². The molecule has 2 amide bonds. The third-order valence-electron chi connectivity index (χ3n) is 5.32. The Bertz CT molecular complexity index is 799. The average molecular weight is 341 g/mol. The molecule has 0 radical (unpaired) electrons. The molecule has 1 aliphatic heterocycles. The van der Waals surface area contributed by atoms with Crippen molar-refractivity contribution in [3.8, 4) is 0 Å². The summed E-state index contributed by atoms with van der Waals surface area (Å²) in [6.45, 7) is 4.24. The Labute approximate surface area is 146 Å². The van der Waals surface area contributed by atoms with Gasteiger partial charge in [0.1, 0.15) is 5.52 Å². The van der Waals surface area contributed by atoms with Gasteiger partial charge in [-0.25, -0.2) is 4.98 Å². The minimum absolute atomic E-state index is 0.00415. The minimum Gasteiger partial charge on any atom is -0.441 e. The van der Waals surface area contributed by atoms with Gasteiger partial charge >= 0.3 is 0 Å². The van der Waals surface area contributed by atoms with Gasteiger partial charge in [0.2, 0.25) is 5.91 Å². The lowest BCUT2D eigenvalue weighted by molar-refractivity contribution is -0.136. The Morgan fingerprint density at radius 1 is 1.08 bits per heavy atom. The van der Waals surface area contributed by atoms with Crippen molar-refractivity contribution in [2.24, 2.45) is 5.92 Å². The number of piperazine rings is 1. The Kier molecular flexibility index (Phi) is 4.19. The molecule has 0 unspecified atom stereocenters. The third-order valence-corrected chi connectivity index (χ3v) is 5.32. The van der Waals surface area contributed by atoms with Crippen molar-refractivity contribution in [3.05, 3.63) is 29.7 Å². The number of rotatable bonds is 2. The standard InChI is InChI=1S/C19H23N3O3/c1-13-20-16-12-15(6-7-17(16)25-13)19(24)22-10-8-21(9-11-22)18(23)14-4-2-3-5-14/h6-7,12,14H,2-5,8-11H2,1H3. The van der Waals surface area contributed by atoms with Crippen molar-refractivity contribution in [1.82, 2.24) is 14.8 Å². The highest BCUT2D eigenvalue weighted by molar-refractivity contribution is 5.97. The van der Waals surface area contributed by atoms with E-state index in [2.05, 4.69) is 4.98 Å². The summed E-state index contributed by atoms with van der Waals surface area (Å²) in [5.41, 5.74) is 2.02. The molecule has 2 aliphatic rings. The molecular weight excluding hydrogens is 318 g/mol. The van der Waals surface area contributed by atoms with Gasteiger partial charge in [0.15, 0.2) is 11.5 Å². The number of oxazole rings is 1. The predicted molar refractivity (Wildman–Crippen MR) is 93.2 cm³/mol. The Morgan fingerprint density at radius 3 is 2.48 bits per heavy atom. The Hall–Kier alpha value is -2.37. The number of carbonyl (C=O) groups is 2. The molecule has 0 N–H and O–H groups in total. The highest BCUT2D eigenvalue weighted by Gasteiger charge is 2.30. The zero-order valence-corrected chi connectivity index (χ0v) is 14.5. The monoisotopic (exact) mass is 341 g/mol. The summed E-state index contributed by atoms with van der Waals surface area (Å²) in [7, 11) is 0. The van der Waals surface area contributed by atoms with E-state index >= 15 is 0 Å². The number of fused-ring (bicyclic) bond motifs is 1. The minimum atomic E-state index is -0.00415. The lowest BCUT2D eigenvalue weighted by Crippen LogP contribution is -2.51. The van der Waals surface area contributed by atoms with E-state index in [1.54, 1.807) is 25.1 Å². The zero-order chi connectivity index (χ0) is 17.4. The summed E-state index contributed by atoms with van der Waals surface area (Å²) in [5.74, 6) is 1.08. The van der Waals surface area contributed by atoms with E-state index in [4.69, 9.17) is 4.42 Å². The lowest BCUT2D eigenvalue weighted by Gasteiger charge is -2.36. The molecule has 25 heavy (non-hydrogen) atoms. The molecule has 0 atom stereocenters. The average Bonchev–Trinajstić information content (AvgIpc) is 3.28. The first-order chi connectivity index (χ1) is 12.1. The molecule has 0 bridgehead atoms. The van der Waals surface area contributed by atoms with Crippen LogP contribution in [0.2, 0.25) is 0 Å². The van der Waals surface area contributed by atoms with Gasteiger partial charge in [-0.3, -0.25) is 9.59 Å². The fourth-order valence-electron chi connectivity index (χ4n) is 3.92. The van der Waals surface area contributed by atoms with Crippen molar-refractivity contribution in [3.63, 3.8) is 0 Å². The van der Waals surface area contributed by atoms with Crippen LogP contribution in [0.3, 0.4) is 0 Å². The van der Waals surface area contributed by atoms with Gasteiger partial charge in [-0.05, 0) is 31.0 Å². The number of benzene rings is 1. The molecule has 6 nitrogen and oxygen atoms in total. The van der Waals surface area contributed by atoms with E-state index in [1.807, 2.05) is 9.80 Å². The fourth-order valence-corrected chi connectivity index (χ4v) is 3.92. The smallest absolute Gasteiger partial charge is 0.254 e. The number of hydrogen-bond donors (Lipinski definition) is 0. The Balaban J connectivity index is 1.40. The van der Waals surface area contributed by atoms with Crippen LogP contribution < -0.4 is 0 Å². The highest BCUT2D eigenvalue weighted by Crippen LogP contribution is 2.27. The van der Waals surface area contributed by atoms with E-state index in [0.717, 1.165) is 12.8 Å². The number of aryl methyl sites for hydroxylation is 1. The molecule has 1 saturated carbocycles. The van der Waals surface area contributed by atoms with E-state index in [0.29, 0.717) is 48.7 Å². The molecule has 2 aromatic rings. The molecule has 2 fully saturated rings. The van der Waals surface area contributed by atoms with Gasteiger partial charge in [-0.2, -0.15) is 0 Å². The zero-order valence-electron chi connectivity index (χ0n) is 14.5. The molecule has 0 spiro atoms. The first-order valence-electron chi connectivity index (χ1n) is 9.07. The van der Waals surface area contributed by atoms with Crippen LogP contribution in [0.25, 0.3) is 11.1 Å². The summed E-state index contributed by atoms with van der Waals surface area (Å²) >= 11 is 0. The summed E-state index contributed by atoms with van der Waals surface area (Å²) < 4.78 is 5.46. The van der Waals surface area contributed by atoms with Crippen molar-refractivity contribution in [2.45, 2.75) is 32.6 Å². The van der Waals surface area contributed by atoms with E-state index in [9.17, 15) is 9.59 Å². The number of aromatic nitrogens is 1. The van der Waals surface area contributed by atoms with E-state index in [-0.39, 0.29) is 17.7 Å². The predicted octanol–water partition coefficient (Wildman–Crippen LogP) is 2.61. The first-order valence-corrected chi connectivity index (χ1v) is 9.07. The third kappa shape index (κ3) is 3.13. The summed E-state index contributed by atoms with van der Waals surface area (Å²) in [6.07, 6.45) is 4.38. The molecule has 6 heteroatoms. The lowest BCUT2D eigenvalue weighted by atomic mass is 10.1. The molecule has 1 aromatic heterocycles. The maximum Gasteiger partial charge on any atom is 0.254 e. The topological polar surface area (TPSA) is 66.7 Å². The molecule has 2 heterocycles. The van der Waals surface area contributed by atoms with Gasteiger partial charge in [-0.1, -0.05) is 12.8 Å². The van der Waals surface area contributed by atoms with Gasteiger partial charge < -0.3 is 14.2 Å². The van der Waals surface area contributed by atoms with E-state index < -0.39 is 0 Å². The maximum absolute atomic E-state index is 12.7. The quantitative estimate of drug-likeness (QED) is 0.842. The molecule has 1 saturated heterocycles. The molecule has 132 valence electrons. The van der Waals surface area contributed by atoms with Crippen LogP contribution in [0.1, 0.15) is 41.9 Å². The summed E-state index contributed by atoms with van der Waals surface area (Å²) in [4.78, 5) is 33.3. The number of carbonyl (C=O) groups excluding carboxylic acids is 2. The van der Waals surface area contributed by atoms with Crippen LogP contribution in [-0.4, -0.2) is 52.8 Å². The van der Waals surface area contributed by atoms with Crippen LogP contribution in [0.5, 0.6) is 0 Å². The number of amides is 2. The second-order valence-corrected chi connectivity index (χ2v) is 7.01. The molecule has 1 aromatic carbocycles. The van der Waals surface area contributed by atoms with Gasteiger partial charge in [0.25, 0.3) is 5.91 Å². The molecular formula is C19H23N3O3. The van der Waals surface area contributed by atoms with E-state index in [1.165, 1.54) is 12.8 Å². The first kappa shape index (κ1) is 16.1. The van der Waals surface area contributed by atoms with Crippen LogP contribution in [0.4, 0.5) is 0 Å². The normalized spacial score (nSPS) is 18.9. The summed E-state index contributed by atoms with van der Waals surface area (Å²) in [6, 6.07) is 5.36. The molecule has 1 aliphatic carbocycles. The number of nitrogens with zero attached hydrogens (tertiary/aromatic N) is 3. The van der Waals surface area contributed by atoms with Crippen molar-refractivity contribution >= 4 is 22.9 Å². The summed E-state index contributed by atoms with van der Waals surface area (Å²) in [5, 5.41) is 0. The SMILES string of the molecule is Cc1nc2cc(C(=O)N3CCN(C(=O)C4CCCC4)CC3)ccc2o1. The largest absolute Gasteiger partial charge is 0.441 e. The second-order valence-electron chi connectivity index (χ2n) is 7.01. The second kappa shape index (κ2) is 6.50. The van der Waals surface area contributed by atoms with Crippen LogP contribution in [0.15, 0.2) is 22.6 Å². The highest BCUT2D eigenvalue weighted by atomic mass is 16.3. The van der Waals surface area contributed by atoms with Crippen molar-refractivity contribution in [2.75, 3.05) is 26.2 Å². The van der Waals surface area contributed by atoms with Gasteiger partial charge in [0.05, 0.1) is 0 Å². The van der Waals surface area contributed by atoms with Gasteiger partial charge in [-0.15, -0.1) is 0 Å². The maximum atomic E-state index is 12.7. The van der Waals surface area contributed by atoms with Gasteiger partial charge in [0, 0.05) is 44.6 Å². The number of hydrogen-bond acceptors (Lipinski definition) is 4. The Morgan fingerprint density at radius 2 is 1.76 bits per heavy atom. The fraction of sp³-hybridized carbons (Fsp3) is 0.526. The van der Waals surface area contributed by atoms with Crippen LogP contribution >= 0.6 is 0 Å². The van der Waals surface area contributed by atoms with Crippen LogP contribution in [-0.2, 0) is 4.79 Å². The van der Waals surface area contributed by atoms with Crippen LogP contribution in [0, 0.1) is 12.8 Å². The molecule has 4 rings (SSSR count).